The van der Waals surface area contributed by atoms with Gasteiger partial charge in [0.25, 0.3) is 5.91 Å². The molecule has 4 nitrogen and oxygen atoms in total. The number of rotatable bonds is 7. The molecule has 0 aliphatic heterocycles. The number of carbonyl (C=O) groups excluding carboxylic acids is 1. The Kier molecular flexibility index (Phi) is 7.88. The molecule has 3 rings (SSSR count). The Bertz CT molecular complexity index is 1220. The highest BCUT2D eigenvalue weighted by Crippen LogP contribution is 2.27. The maximum atomic E-state index is 14.1. The number of nitriles is 1. The van der Waals surface area contributed by atoms with Gasteiger partial charge >= 0.3 is 0 Å². The standard InChI is InChI=1S/C25H19Cl2FN2O2/c1-2-32-24-12-16(7-8-18(24)13-17-5-3-4-6-23(17)28)11-19(15-29)25(31)30-20-9-10-21(26)22(27)14-20/h3-12,14H,2,13H2,1H3,(H,30,31)/b19-11+. The zero-order chi connectivity index (χ0) is 23.1. The van der Waals surface area contributed by atoms with Gasteiger partial charge in [0.15, 0.2) is 0 Å². The Hall–Kier alpha value is -3.33. The second kappa shape index (κ2) is 10.8. The van der Waals surface area contributed by atoms with Crippen molar-refractivity contribution in [3.63, 3.8) is 0 Å². The first-order valence-corrected chi connectivity index (χ1v) is 10.5. The zero-order valence-corrected chi connectivity index (χ0v) is 18.7. The van der Waals surface area contributed by atoms with Crippen molar-refractivity contribution in [3.8, 4) is 11.8 Å². The van der Waals surface area contributed by atoms with E-state index in [-0.39, 0.29) is 11.4 Å². The highest BCUT2D eigenvalue weighted by molar-refractivity contribution is 6.42. The summed E-state index contributed by atoms with van der Waals surface area (Å²) in [7, 11) is 0. The summed E-state index contributed by atoms with van der Waals surface area (Å²) in [5, 5.41) is 12.8. The Balaban J connectivity index is 1.85. The van der Waals surface area contributed by atoms with Crippen LogP contribution in [0.5, 0.6) is 5.75 Å². The second-order valence-electron chi connectivity index (χ2n) is 6.82. The van der Waals surface area contributed by atoms with E-state index < -0.39 is 5.91 Å². The van der Waals surface area contributed by atoms with E-state index in [0.717, 1.165) is 5.56 Å². The molecule has 0 bridgehead atoms. The zero-order valence-electron chi connectivity index (χ0n) is 17.2. The van der Waals surface area contributed by atoms with Crippen molar-refractivity contribution >= 4 is 40.9 Å². The Morgan fingerprint density at radius 1 is 1.09 bits per heavy atom. The van der Waals surface area contributed by atoms with E-state index in [9.17, 15) is 14.4 Å². The molecule has 0 fully saturated rings. The largest absolute Gasteiger partial charge is 0.494 e. The number of nitrogens with zero attached hydrogens (tertiary/aromatic N) is 1. The topological polar surface area (TPSA) is 62.1 Å². The molecule has 0 spiro atoms. The average Bonchev–Trinajstić information content (AvgIpc) is 2.77. The van der Waals surface area contributed by atoms with Crippen LogP contribution in [0.4, 0.5) is 10.1 Å². The van der Waals surface area contributed by atoms with Crippen LogP contribution >= 0.6 is 23.2 Å². The van der Waals surface area contributed by atoms with Crippen LogP contribution in [0.1, 0.15) is 23.6 Å². The lowest BCUT2D eigenvalue weighted by Crippen LogP contribution is -2.13. The number of halogens is 3. The van der Waals surface area contributed by atoms with Crippen LogP contribution in [-0.2, 0) is 11.2 Å². The summed E-state index contributed by atoms with van der Waals surface area (Å²) in [4.78, 5) is 12.5. The van der Waals surface area contributed by atoms with Crippen molar-refractivity contribution in [2.75, 3.05) is 11.9 Å². The molecule has 3 aromatic rings. The Labute approximate surface area is 195 Å². The summed E-state index contributed by atoms with van der Waals surface area (Å²) in [5.41, 5.74) is 2.27. The first-order valence-electron chi connectivity index (χ1n) is 9.78. The fraction of sp³-hybridized carbons (Fsp3) is 0.120. The third-order valence-electron chi connectivity index (χ3n) is 4.58. The van der Waals surface area contributed by atoms with E-state index in [1.807, 2.05) is 13.0 Å². The second-order valence-corrected chi connectivity index (χ2v) is 7.64. The van der Waals surface area contributed by atoms with E-state index in [1.165, 1.54) is 18.2 Å². The smallest absolute Gasteiger partial charge is 0.266 e. The lowest BCUT2D eigenvalue weighted by molar-refractivity contribution is -0.112. The Morgan fingerprint density at radius 2 is 1.88 bits per heavy atom. The summed E-state index contributed by atoms with van der Waals surface area (Å²) in [6, 6.07) is 18.4. The average molecular weight is 469 g/mol. The maximum Gasteiger partial charge on any atom is 0.266 e. The van der Waals surface area contributed by atoms with Gasteiger partial charge < -0.3 is 10.1 Å². The third-order valence-corrected chi connectivity index (χ3v) is 5.32. The van der Waals surface area contributed by atoms with Gasteiger partial charge in [-0.1, -0.05) is 53.5 Å². The van der Waals surface area contributed by atoms with Gasteiger partial charge in [-0.05, 0) is 60.0 Å². The van der Waals surface area contributed by atoms with E-state index >= 15 is 0 Å². The summed E-state index contributed by atoms with van der Waals surface area (Å²) in [5.74, 6) is -0.310. The van der Waals surface area contributed by atoms with Crippen molar-refractivity contribution in [2.24, 2.45) is 0 Å². The number of amides is 1. The molecule has 0 aromatic heterocycles. The molecule has 3 aromatic carbocycles. The summed E-state index contributed by atoms with van der Waals surface area (Å²) >= 11 is 11.9. The fourth-order valence-electron chi connectivity index (χ4n) is 3.03. The number of benzene rings is 3. The maximum absolute atomic E-state index is 14.1. The minimum absolute atomic E-state index is 0.0969. The first kappa shape index (κ1) is 23.3. The summed E-state index contributed by atoms with van der Waals surface area (Å²) in [6.45, 7) is 2.27. The predicted octanol–water partition coefficient (Wildman–Crippen LogP) is 6.67. The first-order chi connectivity index (χ1) is 15.4. The summed E-state index contributed by atoms with van der Waals surface area (Å²) < 4.78 is 19.8. The van der Waals surface area contributed by atoms with E-state index in [0.29, 0.717) is 45.6 Å². The number of nitrogens with one attached hydrogen (secondary N) is 1. The monoisotopic (exact) mass is 468 g/mol. The molecule has 0 heterocycles. The molecule has 0 radical (unpaired) electrons. The lowest BCUT2D eigenvalue weighted by atomic mass is 10.0. The normalized spacial score (nSPS) is 11.0. The number of anilines is 1. The van der Waals surface area contributed by atoms with Crippen LogP contribution < -0.4 is 10.1 Å². The lowest BCUT2D eigenvalue weighted by Gasteiger charge is -2.12. The van der Waals surface area contributed by atoms with Crippen molar-refractivity contribution in [3.05, 3.63) is 98.8 Å². The number of ether oxygens (including phenoxy) is 1. The van der Waals surface area contributed by atoms with Gasteiger partial charge in [0.2, 0.25) is 0 Å². The third kappa shape index (κ3) is 5.88. The minimum atomic E-state index is -0.584. The van der Waals surface area contributed by atoms with Gasteiger partial charge in [-0.15, -0.1) is 0 Å². The molecular formula is C25H19Cl2FN2O2. The van der Waals surface area contributed by atoms with E-state index in [2.05, 4.69) is 5.32 Å². The minimum Gasteiger partial charge on any atom is -0.494 e. The van der Waals surface area contributed by atoms with Gasteiger partial charge in [0.05, 0.1) is 16.7 Å². The number of hydrogen-bond donors (Lipinski definition) is 1. The van der Waals surface area contributed by atoms with Gasteiger partial charge in [-0.2, -0.15) is 5.26 Å². The molecule has 0 saturated heterocycles. The van der Waals surface area contributed by atoms with Gasteiger partial charge in [0, 0.05) is 12.1 Å². The molecule has 1 N–H and O–H groups in total. The molecule has 0 aliphatic rings. The molecule has 0 saturated carbocycles. The van der Waals surface area contributed by atoms with Crippen LogP contribution in [0.15, 0.2) is 66.2 Å². The number of carbonyl (C=O) groups is 1. The quantitative estimate of drug-likeness (QED) is 0.311. The van der Waals surface area contributed by atoms with E-state index in [1.54, 1.807) is 48.5 Å². The fourth-order valence-corrected chi connectivity index (χ4v) is 3.33. The highest BCUT2D eigenvalue weighted by Gasteiger charge is 2.13. The van der Waals surface area contributed by atoms with Crippen molar-refractivity contribution in [2.45, 2.75) is 13.3 Å². The molecule has 0 unspecified atom stereocenters. The number of hydrogen-bond acceptors (Lipinski definition) is 3. The Morgan fingerprint density at radius 3 is 2.56 bits per heavy atom. The molecule has 7 heteroatoms. The van der Waals surface area contributed by atoms with Crippen LogP contribution in [0, 0.1) is 17.1 Å². The van der Waals surface area contributed by atoms with E-state index in [4.69, 9.17) is 27.9 Å². The highest BCUT2D eigenvalue weighted by atomic mass is 35.5. The van der Waals surface area contributed by atoms with Gasteiger partial charge in [-0.3, -0.25) is 4.79 Å². The van der Waals surface area contributed by atoms with Crippen LogP contribution in [0.25, 0.3) is 6.08 Å². The van der Waals surface area contributed by atoms with Gasteiger partial charge in [-0.25, -0.2) is 4.39 Å². The summed E-state index contributed by atoms with van der Waals surface area (Å²) in [6.07, 6.45) is 1.82. The van der Waals surface area contributed by atoms with Gasteiger partial charge in [0.1, 0.15) is 23.2 Å². The van der Waals surface area contributed by atoms with Crippen LogP contribution in [-0.4, -0.2) is 12.5 Å². The van der Waals surface area contributed by atoms with Crippen LogP contribution in [0.3, 0.4) is 0 Å². The van der Waals surface area contributed by atoms with Crippen molar-refractivity contribution in [1.29, 1.82) is 5.26 Å². The molecule has 0 atom stereocenters. The molecule has 32 heavy (non-hydrogen) atoms. The molecular weight excluding hydrogens is 450 g/mol. The van der Waals surface area contributed by atoms with Crippen LogP contribution in [0.2, 0.25) is 10.0 Å². The molecule has 0 aliphatic carbocycles. The molecule has 162 valence electrons. The predicted molar refractivity (Wildman–Crippen MR) is 125 cm³/mol. The molecule has 1 amide bonds. The van der Waals surface area contributed by atoms with Crippen molar-refractivity contribution < 1.29 is 13.9 Å². The van der Waals surface area contributed by atoms with Crippen molar-refractivity contribution in [1.82, 2.24) is 0 Å². The SMILES string of the molecule is CCOc1cc(/C=C(\C#N)C(=O)Nc2ccc(Cl)c(Cl)c2)ccc1Cc1ccccc1F.